The van der Waals surface area contributed by atoms with Gasteiger partial charge < -0.3 is 11.1 Å². The number of nitrogens with one attached hydrogen (secondary N) is 1. The molecule has 1 aromatic rings. The number of nitrogens with two attached hydrogens (primary N) is 1. The van der Waals surface area contributed by atoms with Crippen molar-refractivity contribution in [1.29, 1.82) is 0 Å². The van der Waals surface area contributed by atoms with E-state index < -0.39 is 0 Å². The third kappa shape index (κ3) is 2.26. The third-order valence-corrected chi connectivity index (χ3v) is 2.78. The molecule has 80 valence electrons. The molecule has 1 amide bonds. The van der Waals surface area contributed by atoms with Crippen LogP contribution in [0.2, 0.25) is 0 Å². The molecule has 0 aromatic carbocycles. The van der Waals surface area contributed by atoms with Gasteiger partial charge in [0, 0.05) is 17.9 Å². The summed E-state index contributed by atoms with van der Waals surface area (Å²) in [4.78, 5) is 15.7. The molecule has 0 aliphatic heterocycles. The Morgan fingerprint density at radius 3 is 3.13 bits per heavy atom. The summed E-state index contributed by atoms with van der Waals surface area (Å²) in [5.41, 5.74) is 6.54. The van der Waals surface area contributed by atoms with E-state index in [2.05, 4.69) is 17.2 Å². The van der Waals surface area contributed by atoms with Crippen LogP contribution in [0.3, 0.4) is 0 Å². The summed E-state index contributed by atoms with van der Waals surface area (Å²) in [6, 6.07) is 3.60. The Bertz CT molecular complexity index is 378. The van der Waals surface area contributed by atoms with Gasteiger partial charge in [0.2, 0.25) is 0 Å². The first kappa shape index (κ1) is 9.96. The quantitative estimate of drug-likeness (QED) is 0.778. The van der Waals surface area contributed by atoms with Crippen LogP contribution in [0.4, 0.5) is 5.69 Å². The van der Waals surface area contributed by atoms with E-state index in [4.69, 9.17) is 5.73 Å². The fourth-order valence-corrected chi connectivity index (χ4v) is 1.69. The molecule has 0 saturated heterocycles. The highest BCUT2D eigenvalue weighted by molar-refractivity contribution is 5.93. The molecule has 2 atom stereocenters. The average molecular weight is 205 g/mol. The van der Waals surface area contributed by atoms with Crippen molar-refractivity contribution in [3.05, 3.63) is 24.0 Å². The van der Waals surface area contributed by atoms with E-state index >= 15 is 0 Å². The first-order valence-electron chi connectivity index (χ1n) is 5.23. The monoisotopic (exact) mass is 205 g/mol. The molecule has 1 aromatic heterocycles. The molecule has 1 aliphatic carbocycles. The lowest BCUT2D eigenvalue weighted by molar-refractivity contribution is 0.0944. The molecule has 0 spiro atoms. The number of carbonyl (C=O) groups excluding carboxylic acids is 1. The fraction of sp³-hybridized carbons (Fsp3) is 0.455. The molecule has 4 heteroatoms. The lowest BCUT2D eigenvalue weighted by Gasteiger charge is -2.03. The highest BCUT2D eigenvalue weighted by Crippen LogP contribution is 2.33. The smallest absolute Gasteiger partial charge is 0.270 e. The highest BCUT2D eigenvalue weighted by Gasteiger charge is 2.36. The van der Waals surface area contributed by atoms with Gasteiger partial charge in [0.1, 0.15) is 5.69 Å². The number of nitrogen functional groups attached to an aromatic ring is 1. The predicted octanol–water partition coefficient (Wildman–Crippen LogP) is 1.19. The van der Waals surface area contributed by atoms with Gasteiger partial charge in [-0.25, -0.2) is 0 Å². The summed E-state index contributed by atoms with van der Waals surface area (Å²) in [7, 11) is 0. The molecule has 3 N–H and O–H groups in total. The second kappa shape index (κ2) is 3.88. The first-order chi connectivity index (χ1) is 7.20. The van der Waals surface area contributed by atoms with Gasteiger partial charge in [0.15, 0.2) is 0 Å². The van der Waals surface area contributed by atoms with Crippen LogP contribution >= 0.6 is 0 Å². The van der Waals surface area contributed by atoms with E-state index in [0.717, 1.165) is 12.8 Å². The largest absolute Gasteiger partial charge is 0.399 e. The van der Waals surface area contributed by atoms with E-state index in [1.165, 1.54) is 0 Å². The number of anilines is 1. The van der Waals surface area contributed by atoms with Crippen LogP contribution in [-0.2, 0) is 0 Å². The SMILES string of the molecule is CCC1CC1NC(=O)c1cc(N)ccn1. The summed E-state index contributed by atoms with van der Waals surface area (Å²) >= 11 is 0. The summed E-state index contributed by atoms with van der Waals surface area (Å²) in [5.74, 6) is 0.526. The molecule has 2 unspecified atom stereocenters. The standard InChI is InChI=1S/C11H15N3O/c1-2-7-5-9(7)14-11(15)10-6-8(12)3-4-13-10/h3-4,6-7,9H,2,5H2,1H3,(H2,12,13)(H,14,15). The van der Waals surface area contributed by atoms with Crippen LogP contribution in [-0.4, -0.2) is 16.9 Å². The topological polar surface area (TPSA) is 68.0 Å². The maximum Gasteiger partial charge on any atom is 0.270 e. The van der Waals surface area contributed by atoms with Gasteiger partial charge in [-0.15, -0.1) is 0 Å². The van der Waals surface area contributed by atoms with Crippen LogP contribution < -0.4 is 11.1 Å². The third-order valence-electron chi connectivity index (χ3n) is 2.78. The van der Waals surface area contributed by atoms with Crippen molar-refractivity contribution in [3.63, 3.8) is 0 Å². The number of hydrogen-bond donors (Lipinski definition) is 2. The van der Waals surface area contributed by atoms with Gasteiger partial charge in [0.05, 0.1) is 0 Å². The maximum atomic E-state index is 11.7. The number of hydrogen-bond acceptors (Lipinski definition) is 3. The average Bonchev–Trinajstić information content (AvgIpc) is 2.96. The molecular formula is C11H15N3O. The second-order valence-corrected chi connectivity index (χ2v) is 3.96. The summed E-state index contributed by atoms with van der Waals surface area (Å²) in [6.45, 7) is 2.13. The summed E-state index contributed by atoms with van der Waals surface area (Å²) < 4.78 is 0. The second-order valence-electron chi connectivity index (χ2n) is 3.96. The maximum absolute atomic E-state index is 11.7. The molecule has 1 heterocycles. The van der Waals surface area contributed by atoms with Crippen molar-refractivity contribution < 1.29 is 4.79 Å². The Hall–Kier alpha value is -1.58. The van der Waals surface area contributed by atoms with Crippen molar-refractivity contribution in [2.24, 2.45) is 5.92 Å². The Morgan fingerprint density at radius 1 is 1.73 bits per heavy atom. The van der Waals surface area contributed by atoms with E-state index in [9.17, 15) is 4.79 Å². The zero-order valence-electron chi connectivity index (χ0n) is 8.73. The van der Waals surface area contributed by atoms with Gasteiger partial charge in [0.25, 0.3) is 5.91 Å². The number of aromatic nitrogens is 1. The Morgan fingerprint density at radius 2 is 2.53 bits per heavy atom. The fourth-order valence-electron chi connectivity index (χ4n) is 1.69. The minimum atomic E-state index is -0.122. The van der Waals surface area contributed by atoms with Crippen molar-refractivity contribution >= 4 is 11.6 Å². The number of carbonyl (C=O) groups is 1. The molecule has 1 aliphatic rings. The van der Waals surface area contributed by atoms with Crippen LogP contribution in [0.15, 0.2) is 18.3 Å². The minimum absolute atomic E-state index is 0.122. The Labute approximate surface area is 88.9 Å². The molecule has 15 heavy (non-hydrogen) atoms. The van der Waals surface area contributed by atoms with E-state index in [-0.39, 0.29) is 5.91 Å². The molecule has 2 rings (SSSR count). The lowest BCUT2D eigenvalue weighted by atomic mass is 10.3. The molecular weight excluding hydrogens is 190 g/mol. The van der Waals surface area contributed by atoms with E-state index in [1.807, 2.05) is 0 Å². The zero-order chi connectivity index (χ0) is 10.8. The van der Waals surface area contributed by atoms with Crippen LogP contribution in [0.5, 0.6) is 0 Å². The van der Waals surface area contributed by atoms with Gasteiger partial charge in [-0.3, -0.25) is 9.78 Å². The number of pyridine rings is 1. The van der Waals surface area contributed by atoms with Crippen molar-refractivity contribution in [1.82, 2.24) is 10.3 Å². The van der Waals surface area contributed by atoms with Crippen molar-refractivity contribution in [3.8, 4) is 0 Å². The molecule has 0 bridgehead atoms. The van der Waals surface area contributed by atoms with Gasteiger partial charge in [-0.05, 0) is 24.5 Å². The van der Waals surface area contributed by atoms with E-state index in [1.54, 1.807) is 18.3 Å². The number of amides is 1. The van der Waals surface area contributed by atoms with Crippen molar-refractivity contribution in [2.75, 3.05) is 5.73 Å². The minimum Gasteiger partial charge on any atom is -0.399 e. The van der Waals surface area contributed by atoms with Gasteiger partial charge in [-0.1, -0.05) is 13.3 Å². The van der Waals surface area contributed by atoms with Gasteiger partial charge in [-0.2, -0.15) is 0 Å². The summed E-state index contributed by atoms with van der Waals surface area (Å²) in [6.07, 6.45) is 3.76. The summed E-state index contributed by atoms with van der Waals surface area (Å²) in [5, 5.41) is 2.94. The normalized spacial score (nSPS) is 23.5. The van der Waals surface area contributed by atoms with E-state index in [0.29, 0.717) is 23.3 Å². The molecule has 0 radical (unpaired) electrons. The molecule has 1 fully saturated rings. The lowest BCUT2D eigenvalue weighted by Crippen LogP contribution is -2.27. The number of rotatable bonds is 3. The predicted molar refractivity (Wildman–Crippen MR) is 58.3 cm³/mol. The Kier molecular flexibility index (Phi) is 2.58. The van der Waals surface area contributed by atoms with Crippen LogP contribution in [0.1, 0.15) is 30.3 Å². The van der Waals surface area contributed by atoms with Gasteiger partial charge >= 0.3 is 0 Å². The first-order valence-corrected chi connectivity index (χ1v) is 5.23. The Balaban J connectivity index is 1.97. The van der Waals surface area contributed by atoms with Crippen LogP contribution in [0, 0.1) is 5.92 Å². The molecule has 4 nitrogen and oxygen atoms in total. The van der Waals surface area contributed by atoms with Crippen molar-refractivity contribution in [2.45, 2.75) is 25.8 Å². The molecule has 1 saturated carbocycles. The highest BCUT2D eigenvalue weighted by atomic mass is 16.2. The van der Waals surface area contributed by atoms with Crippen LogP contribution in [0.25, 0.3) is 0 Å². The zero-order valence-corrected chi connectivity index (χ0v) is 8.73. The number of nitrogens with zero attached hydrogens (tertiary/aromatic N) is 1.